The number of rotatable bonds is 16. The molecule has 1 aromatic rings. The molecule has 0 spiro atoms. The van der Waals surface area contributed by atoms with Gasteiger partial charge in [-0.3, -0.25) is 38.5 Å². The summed E-state index contributed by atoms with van der Waals surface area (Å²) in [7, 11) is 0. The van der Waals surface area contributed by atoms with Crippen LogP contribution in [0.2, 0.25) is 0 Å². The molecule has 266 valence electrons. The number of carboxylic acid groups (broad SMARTS) is 1. The number of carboxylic acids is 1. The zero-order valence-corrected chi connectivity index (χ0v) is 27.5. The van der Waals surface area contributed by atoms with Gasteiger partial charge in [-0.05, 0) is 25.2 Å². The molecule has 0 aromatic carbocycles. The number of ketones is 1. The molecule has 5 amide bonds. The fourth-order valence-electron chi connectivity index (χ4n) is 4.91. The van der Waals surface area contributed by atoms with Gasteiger partial charge in [0.15, 0.2) is 0 Å². The second-order valence-electron chi connectivity index (χ2n) is 12.2. The highest BCUT2D eigenvalue weighted by Crippen LogP contribution is 2.24. The average Bonchev–Trinajstić information content (AvgIpc) is 3.42. The Bertz CT molecular complexity index is 1360. The van der Waals surface area contributed by atoms with Gasteiger partial charge in [0.2, 0.25) is 23.5 Å². The van der Waals surface area contributed by atoms with Crippen LogP contribution in [0.4, 0.5) is 8.78 Å². The first-order valence-electron chi connectivity index (χ1n) is 15.4. The maximum atomic E-state index is 14.8. The van der Waals surface area contributed by atoms with E-state index >= 15 is 0 Å². The highest BCUT2D eigenvalue weighted by atomic mass is 19.3. The summed E-state index contributed by atoms with van der Waals surface area (Å²) < 4.78 is 29.7. The molecular formula is C30H43F2N7O9. The molecule has 2 heterocycles. The van der Waals surface area contributed by atoms with Crippen molar-refractivity contribution in [1.82, 2.24) is 36.1 Å². The van der Waals surface area contributed by atoms with Crippen LogP contribution in [-0.2, 0) is 28.8 Å². The van der Waals surface area contributed by atoms with E-state index in [-0.39, 0.29) is 31.5 Å². The van der Waals surface area contributed by atoms with Gasteiger partial charge in [-0.25, -0.2) is 4.98 Å². The molecule has 1 aromatic heterocycles. The van der Waals surface area contributed by atoms with Crippen molar-refractivity contribution >= 4 is 41.3 Å². The van der Waals surface area contributed by atoms with Crippen LogP contribution in [0.3, 0.4) is 0 Å². The van der Waals surface area contributed by atoms with Crippen molar-refractivity contribution in [2.24, 2.45) is 11.8 Å². The first kappa shape index (κ1) is 39.6. The summed E-state index contributed by atoms with van der Waals surface area (Å²) in [6.07, 6.45) is 2.13. The van der Waals surface area contributed by atoms with Crippen LogP contribution in [-0.4, -0.2) is 115 Å². The number of aromatic nitrogens is 2. The van der Waals surface area contributed by atoms with Crippen LogP contribution < -0.4 is 21.3 Å². The maximum Gasteiger partial charge on any atom is 0.383 e. The van der Waals surface area contributed by atoms with Crippen LogP contribution >= 0.6 is 0 Å². The molecule has 48 heavy (non-hydrogen) atoms. The van der Waals surface area contributed by atoms with E-state index in [0.717, 1.165) is 11.8 Å². The zero-order valence-electron chi connectivity index (χ0n) is 27.5. The number of amides is 5. The van der Waals surface area contributed by atoms with E-state index < -0.39 is 95.4 Å². The van der Waals surface area contributed by atoms with Crippen molar-refractivity contribution in [1.29, 1.82) is 0 Å². The summed E-state index contributed by atoms with van der Waals surface area (Å²) >= 11 is 0. The van der Waals surface area contributed by atoms with Gasteiger partial charge in [0.1, 0.15) is 29.9 Å². The number of aliphatic hydroxyl groups excluding tert-OH is 1. The van der Waals surface area contributed by atoms with E-state index in [0.29, 0.717) is 0 Å². The highest BCUT2D eigenvalue weighted by Gasteiger charge is 2.52. The third kappa shape index (κ3) is 9.95. The van der Waals surface area contributed by atoms with E-state index in [1.807, 2.05) is 0 Å². The Hall–Kier alpha value is -4.61. The number of carbonyl (C=O) groups is 7. The van der Waals surface area contributed by atoms with Gasteiger partial charge in [0.25, 0.3) is 11.8 Å². The van der Waals surface area contributed by atoms with Crippen LogP contribution in [0.25, 0.3) is 0 Å². The predicted octanol–water partition coefficient (Wildman–Crippen LogP) is -0.588. The standard InChI is InChI=1S/C30H43F2N7O9/c1-7-8-18(23(41)30(31,32)29(48)35-16(6)28(46)47)36-25(43)20-11-17(40)13-39(20)27(45)22(15(4)5)38-26(44)21(14(2)3)37-24(42)19-12-33-9-10-34-19/h9-10,12,14-18,20-22,40H,7-8,11,13H2,1-6H3,(H,35,48)(H,36,43)(H,37,42)(H,38,44)(H,46,47)/t16-,17+,18-,20-,21-,22-/m0/s1. The van der Waals surface area contributed by atoms with Gasteiger partial charge in [-0.1, -0.05) is 41.0 Å². The van der Waals surface area contributed by atoms with Gasteiger partial charge in [0, 0.05) is 25.4 Å². The summed E-state index contributed by atoms with van der Waals surface area (Å²) in [5, 5.41) is 28.2. The molecule has 6 N–H and O–H groups in total. The van der Waals surface area contributed by atoms with Crippen molar-refractivity contribution in [3.63, 3.8) is 0 Å². The monoisotopic (exact) mass is 683 g/mol. The maximum absolute atomic E-state index is 14.8. The molecule has 0 aliphatic carbocycles. The van der Waals surface area contributed by atoms with Gasteiger partial charge in [0.05, 0.1) is 18.3 Å². The van der Waals surface area contributed by atoms with Crippen LogP contribution in [0.15, 0.2) is 18.6 Å². The number of Topliss-reactive ketones (excluding diaryl/α,β-unsaturated/α-hetero) is 1. The molecule has 18 heteroatoms. The Balaban J connectivity index is 2.25. The summed E-state index contributed by atoms with van der Waals surface area (Å²) in [4.78, 5) is 97.8. The lowest BCUT2D eigenvalue weighted by molar-refractivity contribution is -0.162. The highest BCUT2D eigenvalue weighted by molar-refractivity contribution is 6.11. The summed E-state index contributed by atoms with van der Waals surface area (Å²) in [6.45, 7) is 8.65. The smallest absolute Gasteiger partial charge is 0.383 e. The van der Waals surface area contributed by atoms with E-state index in [1.54, 1.807) is 27.7 Å². The molecule has 0 bridgehead atoms. The Labute approximate surface area is 275 Å². The normalized spacial score (nSPS) is 18.8. The lowest BCUT2D eigenvalue weighted by Crippen LogP contribution is -2.60. The topological polar surface area (TPSA) is 237 Å². The number of alkyl halides is 2. The minimum Gasteiger partial charge on any atom is -0.480 e. The number of aliphatic carboxylic acids is 1. The van der Waals surface area contributed by atoms with Crippen molar-refractivity contribution in [2.75, 3.05) is 6.54 Å². The van der Waals surface area contributed by atoms with Crippen LogP contribution in [0, 0.1) is 11.8 Å². The fourth-order valence-corrected chi connectivity index (χ4v) is 4.91. The third-order valence-electron chi connectivity index (χ3n) is 7.65. The SMILES string of the molecule is CCC[C@H](NC(=O)[C@@H]1C[C@@H](O)CN1C(=O)[C@@H](NC(=O)[C@@H](NC(=O)c1cnccn1)C(C)C)C(C)C)C(=O)C(F)(F)C(=O)N[C@@H](C)C(=O)O. The summed E-state index contributed by atoms with van der Waals surface area (Å²) in [5.41, 5.74) is -0.0413. The fraction of sp³-hybridized carbons (Fsp3) is 0.633. The third-order valence-corrected chi connectivity index (χ3v) is 7.65. The second kappa shape index (κ2) is 17.0. The summed E-state index contributed by atoms with van der Waals surface area (Å²) in [5.74, 6) is -14.7. The number of aliphatic hydroxyl groups is 1. The summed E-state index contributed by atoms with van der Waals surface area (Å²) in [6, 6.07) is -7.44. The average molecular weight is 684 g/mol. The van der Waals surface area contributed by atoms with E-state index in [1.165, 1.54) is 30.8 Å². The number of likely N-dealkylation sites (tertiary alicyclic amines) is 1. The number of nitrogens with one attached hydrogen (secondary N) is 4. The Kier molecular flexibility index (Phi) is 14.0. The molecule has 1 fully saturated rings. The molecular weight excluding hydrogens is 640 g/mol. The lowest BCUT2D eigenvalue weighted by atomic mass is 9.98. The Morgan fingerprint density at radius 1 is 0.958 bits per heavy atom. The first-order chi connectivity index (χ1) is 22.3. The Morgan fingerprint density at radius 3 is 2.10 bits per heavy atom. The van der Waals surface area contributed by atoms with E-state index in [9.17, 15) is 47.4 Å². The van der Waals surface area contributed by atoms with Crippen molar-refractivity contribution < 1.29 is 52.6 Å². The molecule has 6 atom stereocenters. The van der Waals surface area contributed by atoms with Crippen molar-refractivity contribution in [2.45, 2.75) is 103 Å². The molecule has 1 saturated heterocycles. The van der Waals surface area contributed by atoms with Gasteiger partial charge in [-0.15, -0.1) is 0 Å². The second-order valence-corrected chi connectivity index (χ2v) is 12.2. The molecule has 1 aliphatic heterocycles. The number of nitrogens with zero attached hydrogens (tertiary/aromatic N) is 3. The molecule has 1 aliphatic rings. The number of hydrogen-bond donors (Lipinski definition) is 6. The number of β-amino-alcohol motifs (C(OH)–C–C–N with tert-alkyl or cyclic N) is 1. The minimum atomic E-state index is -4.70. The van der Waals surface area contributed by atoms with Crippen molar-refractivity contribution in [3.8, 4) is 0 Å². The van der Waals surface area contributed by atoms with Gasteiger partial charge >= 0.3 is 11.9 Å². The lowest BCUT2D eigenvalue weighted by Gasteiger charge is -2.32. The minimum absolute atomic E-state index is 0.0413. The largest absolute Gasteiger partial charge is 0.480 e. The van der Waals surface area contributed by atoms with Gasteiger partial charge in [-0.2, -0.15) is 8.78 Å². The molecule has 2 rings (SSSR count). The number of hydrogen-bond acceptors (Lipinski definition) is 10. The Morgan fingerprint density at radius 2 is 1.58 bits per heavy atom. The van der Waals surface area contributed by atoms with Crippen molar-refractivity contribution in [3.05, 3.63) is 24.3 Å². The van der Waals surface area contributed by atoms with Gasteiger partial charge < -0.3 is 36.4 Å². The molecule has 0 radical (unpaired) electrons. The van der Waals surface area contributed by atoms with E-state index in [2.05, 4.69) is 25.9 Å². The number of carbonyl (C=O) groups excluding carboxylic acids is 6. The molecule has 0 unspecified atom stereocenters. The van der Waals surface area contributed by atoms with Crippen LogP contribution in [0.1, 0.15) is 71.3 Å². The quantitative estimate of drug-likeness (QED) is 0.120. The first-order valence-corrected chi connectivity index (χ1v) is 15.4. The zero-order chi connectivity index (χ0) is 36.5. The molecule has 0 saturated carbocycles. The van der Waals surface area contributed by atoms with E-state index in [4.69, 9.17) is 5.11 Å². The molecule has 16 nitrogen and oxygen atoms in total. The van der Waals surface area contributed by atoms with Crippen LogP contribution in [0.5, 0.6) is 0 Å². The number of halogens is 2. The predicted molar refractivity (Wildman–Crippen MR) is 163 cm³/mol.